The van der Waals surface area contributed by atoms with Gasteiger partial charge in [0.2, 0.25) is 0 Å². The number of carbonyl (C=O) groups excluding carboxylic acids is 3. The second kappa shape index (κ2) is 14.2. The summed E-state index contributed by atoms with van der Waals surface area (Å²) in [5.74, 6) is 0.186. The standard InChI is InChI=1S/C34H31N5O7/c1-3-46-31-21-25(12-19-30(31)45-2)29-5-4-20-38(37-29)34(42)24-8-15-27(16-9-24)36-32(40)22-6-13-26(14-7-22)35-33(41)23-10-17-28(18-11-23)39(43)44/h6-19,21H,3-5,20H2,1-2H3,(H,35,41)(H,36,40). The lowest BCUT2D eigenvalue weighted by Gasteiger charge is -2.24. The summed E-state index contributed by atoms with van der Waals surface area (Å²) in [7, 11) is 1.58. The lowest BCUT2D eigenvalue weighted by Crippen LogP contribution is -2.32. The number of nitrogens with zero attached hydrogens (tertiary/aromatic N) is 3. The van der Waals surface area contributed by atoms with E-state index >= 15 is 0 Å². The molecule has 5 rings (SSSR count). The molecule has 4 aromatic rings. The van der Waals surface area contributed by atoms with Gasteiger partial charge in [0.1, 0.15) is 0 Å². The summed E-state index contributed by atoms with van der Waals surface area (Å²) in [4.78, 5) is 48.8. The largest absolute Gasteiger partial charge is 0.493 e. The highest BCUT2D eigenvalue weighted by Crippen LogP contribution is 2.30. The Morgan fingerprint density at radius 3 is 1.93 bits per heavy atom. The number of nitro benzene ring substituents is 1. The van der Waals surface area contributed by atoms with Gasteiger partial charge in [-0.25, -0.2) is 5.01 Å². The van der Waals surface area contributed by atoms with Gasteiger partial charge in [-0.15, -0.1) is 0 Å². The Morgan fingerprint density at radius 1 is 0.826 bits per heavy atom. The van der Waals surface area contributed by atoms with Crippen LogP contribution in [-0.2, 0) is 0 Å². The number of carbonyl (C=O) groups is 3. The smallest absolute Gasteiger partial charge is 0.273 e. The van der Waals surface area contributed by atoms with Gasteiger partial charge in [0.25, 0.3) is 23.4 Å². The van der Waals surface area contributed by atoms with E-state index in [1.165, 1.54) is 29.3 Å². The fourth-order valence-electron chi connectivity index (χ4n) is 4.81. The molecule has 1 aliphatic rings. The predicted octanol–water partition coefficient (Wildman–Crippen LogP) is 6.15. The molecule has 0 aliphatic carbocycles. The van der Waals surface area contributed by atoms with Crippen LogP contribution in [0.25, 0.3) is 0 Å². The van der Waals surface area contributed by atoms with Crippen molar-refractivity contribution in [3.05, 3.63) is 123 Å². The maximum atomic E-state index is 13.3. The number of rotatable bonds is 10. The van der Waals surface area contributed by atoms with Crippen molar-refractivity contribution in [2.45, 2.75) is 19.8 Å². The van der Waals surface area contributed by atoms with Crippen LogP contribution in [0.4, 0.5) is 17.1 Å². The number of benzene rings is 4. The zero-order valence-corrected chi connectivity index (χ0v) is 25.2. The topological polar surface area (TPSA) is 152 Å². The second-order valence-corrected chi connectivity index (χ2v) is 10.2. The van der Waals surface area contributed by atoms with Gasteiger partial charge >= 0.3 is 0 Å². The Kier molecular flexibility index (Phi) is 9.66. The Balaban J connectivity index is 1.19. The van der Waals surface area contributed by atoms with Gasteiger partial charge in [-0.05, 0) is 98.6 Å². The van der Waals surface area contributed by atoms with E-state index in [9.17, 15) is 24.5 Å². The van der Waals surface area contributed by atoms with Crippen LogP contribution in [0.1, 0.15) is 56.4 Å². The summed E-state index contributed by atoms with van der Waals surface area (Å²) < 4.78 is 11.1. The third-order valence-electron chi connectivity index (χ3n) is 7.19. The maximum absolute atomic E-state index is 13.3. The van der Waals surface area contributed by atoms with Crippen molar-refractivity contribution in [2.75, 3.05) is 30.9 Å². The fraction of sp³-hybridized carbons (Fsp3) is 0.176. The highest BCUT2D eigenvalue weighted by atomic mass is 16.6. The molecular weight excluding hydrogens is 590 g/mol. The Morgan fingerprint density at radius 2 is 1.39 bits per heavy atom. The predicted molar refractivity (Wildman–Crippen MR) is 173 cm³/mol. The second-order valence-electron chi connectivity index (χ2n) is 10.2. The zero-order valence-electron chi connectivity index (χ0n) is 25.2. The van der Waals surface area contributed by atoms with E-state index in [1.807, 2.05) is 25.1 Å². The summed E-state index contributed by atoms with van der Waals surface area (Å²) in [5, 5.41) is 22.4. The molecule has 0 saturated carbocycles. The molecule has 46 heavy (non-hydrogen) atoms. The van der Waals surface area contributed by atoms with E-state index < -0.39 is 10.8 Å². The van der Waals surface area contributed by atoms with Gasteiger partial charge in [-0.3, -0.25) is 24.5 Å². The lowest BCUT2D eigenvalue weighted by molar-refractivity contribution is -0.384. The molecule has 0 radical (unpaired) electrons. The maximum Gasteiger partial charge on any atom is 0.273 e. The number of anilines is 2. The number of amides is 3. The number of nitrogens with one attached hydrogen (secondary N) is 2. The number of nitro groups is 1. The van der Waals surface area contributed by atoms with E-state index in [0.29, 0.717) is 47.2 Å². The van der Waals surface area contributed by atoms with Crippen LogP contribution in [-0.4, -0.2) is 53.6 Å². The van der Waals surface area contributed by atoms with Crippen LogP contribution in [0.3, 0.4) is 0 Å². The summed E-state index contributed by atoms with van der Waals surface area (Å²) in [5.41, 5.74) is 3.53. The highest BCUT2D eigenvalue weighted by Gasteiger charge is 2.22. The molecule has 0 aromatic heterocycles. The molecule has 0 unspecified atom stereocenters. The molecule has 1 heterocycles. The molecule has 4 aromatic carbocycles. The van der Waals surface area contributed by atoms with Crippen molar-refractivity contribution < 1.29 is 28.8 Å². The van der Waals surface area contributed by atoms with Crippen LogP contribution in [0, 0.1) is 10.1 Å². The molecule has 234 valence electrons. The van der Waals surface area contributed by atoms with E-state index in [2.05, 4.69) is 15.7 Å². The monoisotopic (exact) mass is 621 g/mol. The van der Waals surface area contributed by atoms with Crippen LogP contribution in [0.2, 0.25) is 0 Å². The summed E-state index contributed by atoms with van der Waals surface area (Å²) in [6.45, 7) is 2.88. The third kappa shape index (κ3) is 7.36. The first kappa shape index (κ1) is 31.4. The summed E-state index contributed by atoms with van der Waals surface area (Å²) in [6.07, 6.45) is 1.48. The molecule has 12 heteroatoms. The SMILES string of the molecule is CCOc1cc(C2=NN(C(=O)c3ccc(NC(=O)c4ccc(NC(=O)c5ccc([N+](=O)[O-])cc5)cc4)cc3)CCC2)ccc1OC. The zero-order chi connectivity index (χ0) is 32.6. The van der Waals surface area contributed by atoms with Crippen LogP contribution >= 0.6 is 0 Å². The minimum absolute atomic E-state index is 0.110. The Labute approximate surface area is 264 Å². The first-order valence-corrected chi connectivity index (χ1v) is 14.5. The highest BCUT2D eigenvalue weighted by molar-refractivity contribution is 6.07. The number of hydrogen-bond acceptors (Lipinski definition) is 8. The van der Waals surface area contributed by atoms with Crippen molar-refractivity contribution in [2.24, 2.45) is 5.10 Å². The molecule has 3 amide bonds. The van der Waals surface area contributed by atoms with Crippen molar-refractivity contribution in [3.63, 3.8) is 0 Å². The number of hydrazone groups is 1. The van der Waals surface area contributed by atoms with Gasteiger partial charge < -0.3 is 20.1 Å². The minimum Gasteiger partial charge on any atom is -0.493 e. The first-order chi connectivity index (χ1) is 22.2. The number of non-ortho nitro benzene ring substituents is 1. The fourth-order valence-corrected chi connectivity index (χ4v) is 4.81. The van der Waals surface area contributed by atoms with Crippen molar-refractivity contribution in [3.8, 4) is 11.5 Å². The summed E-state index contributed by atoms with van der Waals surface area (Å²) >= 11 is 0. The van der Waals surface area contributed by atoms with Crippen molar-refractivity contribution in [1.29, 1.82) is 0 Å². The molecule has 0 atom stereocenters. The van der Waals surface area contributed by atoms with E-state index in [-0.39, 0.29) is 23.1 Å². The molecule has 1 aliphatic heterocycles. The average Bonchev–Trinajstić information content (AvgIpc) is 3.08. The van der Waals surface area contributed by atoms with Gasteiger partial charge in [0, 0.05) is 52.3 Å². The van der Waals surface area contributed by atoms with Crippen LogP contribution in [0.15, 0.2) is 96.1 Å². The normalized spacial score (nSPS) is 12.5. The number of ether oxygens (including phenoxy) is 2. The minimum atomic E-state index is -0.539. The number of methoxy groups -OCH3 is 1. The Bertz CT molecular complexity index is 1790. The average molecular weight is 622 g/mol. The quantitative estimate of drug-likeness (QED) is 0.159. The molecule has 0 bridgehead atoms. The van der Waals surface area contributed by atoms with Gasteiger partial charge in [0.15, 0.2) is 11.5 Å². The van der Waals surface area contributed by atoms with Crippen molar-refractivity contribution in [1.82, 2.24) is 5.01 Å². The lowest BCUT2D eigenvalue weighted by atomic mass is 10.0. The third-order valence-corrected chi connectivity index (χ3v) is 7.19. The molecule has 2 N–H and O–H groups in total. The van der Waals surface area contributed by atoms with Crippen LogP contribution < -0.4 is 20.1 Å². The van der Waals surface area contributed by atoms with Crippen molar-refractivity contribution >= 4 is 40.5 Å². The molecule has 0 fully saturated rings. The molecule has 12 nitrogen and oxygen atoms in total. The Hall–Kier alpha value is -6.04. The van der Waals surface area contributed by atoms with E-state index in [4.69, 9.17) is 9.47 Å². The summed E-state index contributed by atoms with van der Waals surface area (Å²) in [6, 6.07) is 23.7. The van der Waals surface area contributed by atoms with E-state index in [0.717, 1.165) is 24.1 Å². The van der Waals surface area contributed by atoms with Gasteiger partial charge in [-0.1, -0.05) is 0 Å². The molecule has 0 spiro atoms. The molecule has 0 saturated heterocycles. The van der Waals surface area contributed by atoms with Gasteiger partial charge in [-0.2, -0.15) is 5.10 Å². The van der Waals surface area contributed by atoms with Crippen LogP contribution in [0.5, 0.6) is 11.5 Å². The molecular formula is C34H31N5O7. The number of hydrogen-bond donors (Lipinski definition) is 2. The first-order valence-electron chi connectivity index (χ1n) is 14.5. The van der Waals surface area contributed by atoms with E-state index in [1.54, 1.807) is 55.6 Å². The van der Waals surface area contributed by atoms with Gasteiger partial charge in [0.05, 0.1) is 24.4 Å².